The van der Waals surface area contributed by atoms with Crippen LogP contribution >= 0.6 is 0 Å². The molecule has 3 rings (SSSR count). The summed E-state index contributed by atoms with van der Waals surface area (Å²) in [7, 11) is 0. The van der Waals surface area contributed by atoms with Crippen LogP contribution in [0.4, 0.5) is 18.9 Å². The van der Waals surface area contributed by atoms with E-state index in [1.54, 1.807) is 18.5 Å². The molecule has 26 heavy (non-hydrogen) atoms. The largest absolute Gasteiger partial charge is 0.411 e. The van der Waals surface area contributed by atoms with Crippen molar-refractivity contribution >= 4 is 22.6 Å². The number of carbonyl (C=O) groups excluding carboxylic acids is 1. The Hall–Kier alpha value is -2.94. The van der Waals surface area contributed by atoms with Crippen LogP contribution in [-0.4, -0.2) is 39.8 Å². The lowest BCUT2D eigenvalue weighted by Gasteiger charge is -2.09. The first-order valence-corrected chi connectivity index (χ1v) is 7.75. The third-order valence-corrected chi connectivity index (χ3v) is 3.47. The van der Waals surface area contributed by atoms with Gasteiger partial charge in [0.25, 0.3) is 0 Å². The molecule has 3 aromatic rings. The van der Waals surface area contributed by atoms with Crippen LogP contribution < -0.4 is 5.32 Å². The van der Waals surface area contributed by atoms with Gasteiger partial charge in [-0.05, 0) is 24.3 Å². The summed E-state index contributed by atoms with van der Waals surface area (Å²) in [5.74, 6) is 0.181. The fraction of sp³-hybridized carbons (Fsp3) is 0.235. The van der Waals surface area contributed by atoms with Crippen LogP contribution in [0.5, 0.6) is 0 Å². The Balaban J connectivity index is 1.57. The molecule has 6 nitrogen and oxygen atoms in total. The average molecular weight is 364 g/mol. The minimum absolute atomic E-state index is 0.177. The van der Waals surface area contributed by atoms with E-state index in [4.69, 9.17) is 0 Å². The molecule has 2 aromatic heterocycles. The second kappa shape index (κ2) is 7.52. The second-order valence-electron chi connectivity index (χ2n) is 5.47. The quantitative estimate of drug-likeness (QED) is 0.681. The summed E-state index contributed by atoms with van der Waals surface area (Å²) in [6, 6.07) is 11.0. The lowest BCUT2D eigenvalue weighted by atomic mass is 10.3. The maximum absolute atomic E-state index is 11.9. The molecule has 0 radical (unpaired) electrons. The van der Waals surface area contributed by atoms with E-state index >= 15 is 0 Å². The molecular weight excluding hydrogens is 349 g/mol. The predicted octanol–water partition coefficient (Wildman–Crippen LogP) is 3.33. The molecule has 1 aromatic carbocycles. The van der Waals surface area contributed by atoms with Gasteiger partial charge in [0.2, 0.25) is 5.91 Å². The van der Waals surface area contributed by atoms with Gasteiger partial charge in [-0.15, -0.1) is 0 Å². The highest BCUT2D eigenvalue weighted by Crippen LogP contribution is 2.18. The molecule has 0 saturated carbocycles. The van der Waals surface area contributed by atoms with Gasteiger partial charge >= 0.3 is 6.18 Å². The van der Waals surface area contributed by atoms with E-state index in [9.17, 15) is 18.0 Å². The number of para-hydroxylation sites is 2. The number of anilines is 1. The highest BCUT2D eigenvalue weighted by molar-refractivity contribution is 5.90. The number of benzene rings is 1. The Kier molecular flexibility index (Phi) is 5.17. The molecule has 0 aliphatic carbocycles. The standard InChI is InChI=1S/C17H15F3N4O2/c18-17(19,20)10-26-8-7-16(25)23-12-5-6-15(21-9-12)24-11-22-13-3-1-2-4-14(13)24/h1-6,9,11H,7-8,10H2,(H,23,25). The van der Waals surface area contributed by atoms with Gasteiger partial charge in [0.05, 0.1) is 35.9 Å². The fourth-order valence-corrected chi connectivity index (χ4v) is 2.32. The minimum Gasteiger partial charge on any atom is -0.372 e. The highest BCUT2D eigenvalue weighted by Gasteiger charge is 2.27. The maximum atomic E-state index is 11.9. The third kappa shape index (κ3) is 4.57. The van der Waals surface area contributed by atoms with Crippen LogP contribution in [0.1, 0.15) is 6.42 Å². The molecule has 0 bridgehead atoms. The van der Waals surface area contributed by atoms with Gasteiger partial charge in [-0.25, -0.2) is 9.97 Å². The van der Waals surface area contributed by atoms with Crippen LogP contribution in [0.2, 0.25) is 0 Å². The van der Waals surface area contributed by atoms with Gasteiger partial charge < -0.3 is 10.1 Å². The number of ether oxygens (including phenoxy) is 1. The zero-order valence-corrected chi connectivity index (χ0v) is 13.5. The van der Waals surface area contributed by atoms with Gasteiger partial charge in [-0.1, -0.05) is 12.1 Å². The summed E-state index contributed by atoms with van der Waals surface area (Å²) in [6.45, 7) is -1.67. The maximum Gasteiger partial charge on any atom is 0.411 e. The smallest absolute Gasteiger partial charge is 0.372 e. The van der Waals surface area contributed by atoms with Crippen LogP contribution in [0, 0.1) is 0 Å². The number of nitrogens with one attached hydrogen (secondary N) is 1. The number of fused-ring (bicyclic) bond motifs is 1. The van der Waals surface area contributed by atoms with Gasteiger partial charge in [0, 0.05) is 0 Å². The van der Waals surface area contributed by atoms with Gasteiger partial charge in [-0.2, -0.15) is 13.2 Å². The average Bonchev–Trinajstić information content (AvgIpc) is 3.03. The Labute approximate surface area is 146 Å². The Morgan fingerprint density at radius 1 is 1.15 bits per heavy atom. The number of aromatic nitrogens is 3. The summed E-state index contributed by atoms with van der Waals surface area (Å²) < 4.78 is 42.0. The second-order valence-corrected chi connectivity index (χ2v) is 5.47. The highest BCUT2D eigenvalue weighted by atomic mass is 19.4. The summed E-state index contributed by atoms with van der Waals surface area (Å²) in [4.78, 5) is 20.3. The first kappa shape index (κ1) is 17.9. The lowest BCUT2D eigenvalue weighted by Crippen LogP contribution is -2.20. The lowest BCUT2D eigenvalue weighted by molar-refractivity contribution is -0.174. The number of pyridine rings is 1. The first-order valence-electron chi connectivity index (χ1n) is 7.75. The minimum atomic E-state index is -4.40. The van der Waals surface area contributed by atoms with Crippen molar-refractivity contribution in [3.63, 3.8) is 0 Å². The van der Waals surface area contributed by atoms with Gasteiger partial charge in [0.1, 0.15) is 18.8 Å². The van der Waals surface area contributed by atoms with Crippen molar-refractivity contribution < 1.29 is 22.7 Å². The molecule has 0 fully saturated rings. The molecule has 0 aliphatic rings. The molecule has 1 N–H and O–H groups in total. The van der Waals surface area contributed by atoms with E-state index in [1.165, 1.54) is 6.20 Å². The van der Waals surface area contributed by atoms with E-state index in [-0.39, 0.29) is 13.0 Å². The number of alkyl halides is 3. The molecule has 136 valence electrons. The monoisotopic (exact) mass is 364 g/mol. The molecule has 0 spiro atoms. The third-order valence-electron chi connectivity index (χ3n) is 3.47. The molecule has 9 heteroatoms. The molecular formula is C17H15F3N4O2. The van der Waals surface area contributed by atoms with Crippen LogP contribution in [0.15, 0.2) is 48.9 Å². The fourth-order valence-electron chi connectivity index (χ4n) is 2.32. The van der Waals surface area contributed by atoms with Crippen molar-refractivity contribution in [3.8, 4) is 5.82 Å². The van der Waals surface area contributed by atoms with Crippen molar-refractivity contribution in [1.82, 2.24) is 14.5 Å². The summed E-state index contributed by atoms with van der Waals surface area (Å²) in [6.07, 6.45) is -1.44. The Morgan fingerprint density at radius 2 is 1.96 bits per heavy atom. The molecule has 0 saturated heterocycles. The number of carbonyl (C=O) groups is 1. The van der Waals surface area contributed by atoms with Crippen molar-refractivity contribution in [2.75, 3.05) is 18.5 Å². The van der Waals surface area contributed by atoms with Crippen molar-refractivity contribution in [2.45, 2.75) is 12.6 Å². The molecule has 0 unspecified atom stereocenters. The number of amides is 1. The van der Waals surface area contributed by atoms with E-state index < -0.39 is 18.7 Å². The van der Waals surface area contributed by atoms with Crippen molar-refractivity contribution in [1.29, 1.82) is 0 Å². The van der Waals surface area contributed by atoms with Crippen LogP contribution in [0.25, 0.3) is 16.9 Å². The normalized spacial score (nSPS) is 11.7. The number of imidazole rings is 1. The SMILES string of the molecule is O=C(CCOCC(F)(F)F)Nc1ccc(-n2cnc3ccccc32)nc1. The number of rotatable bonds is 6. The number of halogens is 3. The Bertz CT molecular complexity index is 891. The van der Waals surface area contributed by atoms with Gasteiger partial charge in [-0.3, -0.25) is 9.36 Å². The predicted molar refractivity (Wildman–Crippen MR) is 89.0 cm³/mol. The molecule has 2 heterocycles. The zero-order chi connectivity index (χ0) is 18.6. The molecule has 0 aliphatic heterocycles. The van der Waals surface area contributed by atoms with E-state index in [0.717, 1.165) is 11.0 Å². The number of hydrogen-bond acceptors (Lipinski definition) is 4. The number of nitrogens with zero attached hydrogens (tertiary/aromatic N) is 3. The molecule has 1 amide bonds. The summed E-state index contributed by atoms with van der Waals surface area (Å²) in [5.41, 5.74) is 2.18. The van der Waals surface area contributed by atoms with Crippen molar-refractivity contribution in [2.24, 2.45) is 0 Å². The number of hydrogen-bond donors (Lipinski definition) is 1. The van der Waals surface area contributed by atoms with E-state index in [0.29, 0.717) is 11.5 Å². The molecule has 0 atom stereocenters. The van der Waals surface area contributed by atoms with Gasteiger partial charge in [0.15, 0.2) is 0 Å². The van der Waals surface area contributed by atoms with E-state index in [1.807, 2.05) is 28.8 Å². The van der Waals surface area contributed by atoms with E-state index in [2.05, 4.69) is 20.0 Å². The zero-order valence-electron chi connectivity index (χ0n) is 13.5. The van der Waals surface area contributed by atoms with Crippen LogP contribution in [0.3, 0.4) is 0 Å². The van der Waals surface area contributed by atoms with Crippen LogP contribution in [-0.2, 0) is 9.53 Å². The topological polar surface area (TPSA) is 69.0 Å². The Morgan fingerprint density at radius 3 is 2.69 bits per heavy atom. The first-order chi connectivity index (χ1) is 12.4. The van der Waals surface area contributed by atoms with Crippen molar-refractivity contribution in [3.05, 3.63) is 48.9 Å². The summed E-state index contributed by atoms with van der Waals surface area (Å²) >= 11 is 0. The summed E-state index contributed by atoms with van der Waals surface area (Å²) in [5, 5.41) is 2.56.